The largest absolute Gasteiger partial charge is 0.497 e. The first kappa shape index (κ1) is 19.0. The predicted molar refractivity (Wildman–Crippen MR) is 104 cm³/mol. The Morgan fingerprint density at radius 2 is 2.00 bits per heavy atom. The minimum atomic E-state index is -0.189. The smallest absolute Gasteiger partial charge is 0.222 e. The van der Waals surface area contributed by atoms with Crippen molar-refractivity contribution in [1.29, 1.82) is 0 Å². The van der Waals surface area contributed by atoms with E-state index in [1.54, 1.807) is 7.11 Å². The van der Waals surface area contributed by atoms with E-state index in [-0.39, 0.29) is 17.9 Å². The number of benzene rings is 2. The summed E-state index contributed by atoms with van der Waals surface area (Å²) in [4.78, 5) is 26.4. The van der Waals surface area contributed by atoms with Crippen molar-refractivity contribution in [3.63, 3.8) is 0 Å². The summed E-state index contributed by atoms with van der Waals surface area (Å²) in [7, 11) is 1.63. The Morgan fingerprint density at radius 3 is 2.70 bits per heavy atom. The second kappa shape index (κ2) is 9.21. The van der Waals surface area contributed by atoms with Gasteiger partial charge in [-0.15, -0.1) is 0 Å². The normalized spacial score (nSPS) is 14.9. The van der Waals surface area contributed by atoms with Crippen molar-refractivity contribution >= 4 is 11.8 Å². The van der Waals surface area contributed by atoms with E-state index in [1.807, 2.05) is 59.5 Å². The summed E-state index contributed by atoms with van der Waals surface area (Å²) >= 11 is 0. The Morgan fingerprint density at radius 1 is 1.19 bits per heavy atom. The van der Waals surface area contributed by atoms with Crippen LogP contribution >= 0.6 is 0 Å². The zero-order valence-electron chi connectivity index (χ0n) is 15.7. The lowest BCUT2D eigenvalue weighted by atomic mass is 10.1. The molecule has 1 atom stereocenters. The first-order valence-electron chi connectivity index (χ1n) is 9.40. The molecule has 2 aromatic rings. The fraction of sp³-hybridized carbons (Fsp3) is 0.364. The van der Waals surface area contributed by atoms with Gasteiger partial charge in [0.15, 0.2) is 0 Å². The number of aryl methyl sites for hydroxylation is 1. The lowest BCUT2D eigenvalue weighted by Gasteiger charge is -2.25. The number of methoxy groups -OCH3 is 1. The standard InChI is InChI=1S/C22H26N2O3/c1-27-19-10-5-7-17(15-19)12-13-21(25)23-20(18-8-3-2-4-9-18)16-24-14-6-11-22(24)26/h2-5,7-10,15,20H,6,11-14,16H2,1H3,(H,23,25)/t20-/m1/s1. The molecule has 0 unspecified atom stereocenters. The van der Waals surface area contributed by atoms with Gasteiger partial charge in [-0.05, 0) is 36.1 Å². The van der Waals surface area contributed by atoms with Gasteiger partial charge >= 0.3 is 0 Å². The molecule has 0 spiro atoms. The number of rotatable bonds is 8. The van der Waals surface area contributed by atoms with E-state index in [9.17, 15) is 9.59 Å². The molecule has 0 aromatic heterocycles. The van der Waals surface area contributed by atoms with Gasteiger partial charge < -0.3 is 15.0 Å². The first-order chi connectivity index (χ1) is 13.2. The lowest BCUT2D eigenvalue weighted by Crippen LogP contribution is -2.38. The molecule has 3 rings (SSSR count). The van der Waals surface area contributed by atoms with Crippen molar-refractivity contribution in [3.05, 3.63) is 65.7 Å². The number of carbonyl (C=O) groups is 2. The summed E-state index contributed by atoms with van der Waals surface area (Å²) in [5.74, 6) is 0.947. The Kier molecular flexibility index (Phi) is 6.47. The number of nitrogens with zero attached hydrogens (tertiary/aromatic N) is 1. The molecule has 5 heteroatoms. The molecule has 1 aliphatic heterocycles. The second-order valence-corrected chi connectivity index (χ2v) is 6.83. The Hall–Kier alpha value is -2.82. The summed E-state index contributed by atoms with van der Waals surface area (Å²) < 4.78 is 5.23. The van der Waals surface area contributed by atoms with Gasteiger partial charge in [-0.3, -0.25) is 9.59 Å². The highest BCUT2D eigenvalue weighted by Crippen LogP contribution is 2.19. The maximum atomic E-state index is 12.6. The van der Waals surface area contributed by atoms with Crippen LogP contribution in [0, 0.1) is 0 Å². The van der Waals surface area contributed by atoms with Crippen molar-refractivity contribution in [2.24, 2.45) is 0 Å². The second-order valence-electron chi connectivity index (χ2n) is 6.83. The molecule has 27 heavy (non-hydrogen) atoms. The average Bonchev–Trinajstić information content (AvgIpc) is 3.11. The highest BCUT2D eigenvalue weighted by atomic mass is 16.5. The summed E-state index contributed by atoms with van der Waals surface area (Å²) in [6.45, 7) is 1.29. The van der Waals surface area contributed by atoms with Crippen molar-refractivity contribution in [3.8, 4) is 5.75 Å². The average molecular weight is 366 g/mol. The van der Waals surface area contributed by atoms with E-state index in [1.165, 1.54) is 0 Å². The number of ether oxygens (including phenoxy) is 1. The number of amides is 2. The minimum absolute atomic E-state index is 0.0154. The van der Waals surface area contributed by atoms with Gasteiger partial charge in [0, 0.05) is 25.9 Å². The number of carbonyl (C=O) groups excluding carboxylic acids is 2. The van der Waals surface area contributed by atoms with Crippen LogP contribution < -0.4 is 10.1 Å². The Labute approximate surface area is 160 Å². The maximum Gasteiger partial charge on any atom is 0.222 e. The molecule has 1 N–H and O–H groups in total. The third-order valence-electron chi connectivity index (χ3n) is 4.89. The number of hydrogen-bond acceptors (Lipinski definition) is 3. The van der Waals surface area contributed by atoms with Crippen molar-refractivity contribution < 1.29 is 14.3 Å². The molecule has 2 aromatic carbocycles. The van der Waals surface area contributed by atoms with E-state index in [0.29, 0.717) is 25.8 Å². The van der Waals surface area contributed by atoms with Gasteiger partial charge in [0.2, 0.25) is 11.8 Å². The van der Waals surface area contributed by atoms with Crippen LogP contribution in [-0.4, -0.2) is 36.9 Å². The van der Waals surface area contributed by atoms with Gasteiger partial charge in [-0.25, -0.2) is 0 Å². The van der Waals surface area contributed by atoms with Crippen LogP contribution in [0.4, 0.5) is 0 Å². The quantitative estimate of drug-likeness (QED) is 0.781. The number of likely N-dealkylation sites (tertiary alicyclic amines) is 1. The van der Waals surface area contributed by atoms with E-state index < -0.39 is 0 Å². The molecule has 5 nitrogen and oxygen atoms in total. The molecule has 1 fully saturated rings. The monoisotopic (exact) mass is 366 g/mol. The molecule has 1 aliphatic rings. The first-order valence-corrected chi connectivity index (χ1v) is 9.40. The third kappa shape index (κ3) is 5.33. The van der Waals surface area contributed by atoms with E-state index in [2.05, 4.69) is 5.32 Å². The van der Waals surface area contributed by atoms with E-state index in [0.717, 1.165) is 29.8 Å². The third-order valence-corrected chi connectivity index (χ3v) is 4.89. The molecule has 142 valence electrons. The molecule has 0 radical (unpaired) electrons. The molecule has 0 aliphatic carbocycles. The molecule has 1 saturated heterocycles. The van der Waals surface area contributed by atoms with Gasteiger partial charge in [0.1, 0.15) is 5.75 Å². The molecule has 0 bridgehead atoms. The highest BCUT2D eigenvalue weighted by molar-refractivity contribution is 5.79. The van der Waals surface area contributed by atoms with Crippen molar-refractivity contribution in [2.75, 3.05) is 20.2 Å². The molecular formula is C22H26N2O3. The van der Waals surface area contributed by atoms with Crippen LogP contribution in [-0.2, 0) is 16.0 Å². The van der Waals surface area contributed by atoms with Crippen molar-refractivity contribution in [1.82, 2.24) is 10.2 Å². The van der Waals surface area contributed by atoms with Crippen LogP contribution in [0.15, 0.2) is 54.6 Å². The van der Waals surface area contributed by atoms with Gasteiger partial charge in [0.05, 0.1) is 13.2 Å². The molecule has 1 heterocycles. The van der Waals surface area contributed by atoms with Gasteiger partial charge in [-0.2, -0.15) is 0 Å². The predicted octanol–water partition coefficient (Wildman–Crippen LogP) is 3.11. The van der Waals surface area contributed by atoms with E-state index in [4.69, 9.17) is 4.74 Å². The summed E-state index contributed by atoms with van der Waals surface area (Å²) in [6.07, 6.45) is 2.53. The summed E-state index contributed by atoms with van der Waals surface area (Å²) in [6, 6.07) is 17.4. The molecule has 0 saturated carbocycles. The number of nitrogens with one attached hydrogen (secondary N) is 1. The fourth-order valence-electron chi connectivity index (χ4n) is 3.39. The highest BCUT2D eigenvalue weighted by Gasteiger charge is 2.25. The van der Waals surface area contributed by atoms with Crippen LogP contribution in [0.3, 0.4) is 0 Å². The van der Waals surface area contributed by atoms with Crippen LogP contribution in [0.2, 0.25) is 0 Å². The van der Waals surface area contributed by atoms with Crippen LogP contribution in [0.25, 0.3) is 0 Å². The zero-order chi connectivity index (χ0) is 19.1. The fourth-order valence-corrected chi connectivity index (χ4v) is 3.39. The van der Waals surface area contributed by atoms with Crippen molar-refractivity contribution in [2.45, 2.75) is 31.7 Å². The maximum absolute atomic E-state index is 12.6. The minimum Gasteiger partial charge on any atom is -0.497 e. The zero-order valence-corrected chi connectivity index (χ0v) is 15.7. The topological polar surface area (TPSA) is 58.6 Å². The summed E-state index contributed by atoms with van der Waals surface area (Å²) in [5.41, 5.74) is 2.09. The summed E-state index contributed by atoms with van der Waals surface area (Å²) in [5, 5.41) is 3.12. The van der Waals surface area contributed by atoms with Crippen LogP contribution in [0.5, 0.6) is 5.75 Å². The van der Waals surface area contributed by atoms with Gasteiger partial charge in [-0.1, -0.05) is 42.5 Å². The Balaban J connectivity index is 1.62. The SMILES string of the molecule is COc1cccc(CCC(=O)N[C@H](CN2CCCC2=O)c2ccccc2)c1. The lowest BCUT2D eigenvalue weighted by molar-refractivity contribution is -0.129. The van der Waals surface area contributed by atoms with E-state index >= 15 is 0 Å². The number of hydrogen-bond donors (Lipinski definition) is 1. The molecule has 2 amide bonds. The Bertz CT molecular complexity index is 776. The van der Waals surface area contributed by atoms with Gasteiger partial charge in [0.25, 0.3) is 0 Å². The van der Waals surface area contributed by atoms with Crippen LogP contribution in [0.1, 0.15) is 36.4 Å². The molecular weight excluding hydrogens is 340 g/mol.